The first kappa shape index (κ1) is 25.4. The molecule has 0 aliphatic carbocycles. The summed E-state index contributed by atoms with van der Waals surface area (Å²) in [4.78, 5) is 22.8. The number of amides is 1. The zero-order valence-corrected chi connectivity index (χ0v) is 20.3. The van der Waals surface area contributed by atoms with Gasteiger partial charge in [0.2, 0.25) is 5.91 Å². The zero-order chi connectivity index (χ0) is 25.5. The number of aryl methyl sites for hydroxylation is 1. The maximum Gasteiger partial charge on any atom is 0.246 e. The molecule has 1 amide bonds. The molecule has 0 unspecified atom stereocenters. The van der Waals surface area contributed by atoms with E-state index in [2.05, 4.69) is 25.3 Å². The Labute approximate surface area is 208 Å². The van der Waals surface area contributed by atoms with Crippen LogP contribution in [0.5, 0.6) is 5.75 Å². The van der Waals surface area contributed by atoms with Crippen LogP contribution in [0.25, 0.3) is 6.08 Å². The maximum absolute atomic E-state index is 13.9. The minimum atomic E-state index is -0.539. The van der Waals surface area contributed by atoms with E-state index in [1.54, 1.807) is 31.3 Å². The molecule has 9 nitrogen and oxygen atoms in total. The van der Waals surface area contributed by atoms with Crippen molar-refractivity contribution in [1.29, 1.82) is 0 Å². The van der Waals surface area contributed by atoms with Crippen molar-refractivity contribution in [2.24, 2.45) is 0 Å². The molecule has 1 atom stereocenters. The maximum atomic E-state index is 13.9. The molecule has 0 saturated carbocycles. The number of rotatable bonds is 9. The molecular weight excluding hydrogens is 468 g/mol. The summed E-state index contributed by atoms with van der Waals surface area (Å²) in [5.74, 6) is 0.609. The van der Waals surface area contributed by atoms with Gasteiger partial charge < -0.3 is 9.64 Å². The van der Waals surface area contributed by atoms with Crippen molar-refractivity contribution >= 4 is 12.0 Å². The van der Waals surface area contributed by atoms with E-state index in [0.29, 0.717) is 43.3 Å². The van der Waals surface area contributed by atoms with Gasteiger partial charge in [0.15, 0.2) is 5.82 Å². The topological polar surface area (TPSA) is 89.3 Å². The van der Waals surface area contributed by atoms with Gasteiger partial charge in [0.05, 0.1) is 18.4 Å². The van der Waals surface area contributed by atoms with E-state index in [9.17, 15) is 13.6 Å². The van der Waals surface area contributed by atoms with Gasteiger partial charge in [-0.25, -0.2) is 8.78 Å². The van der Waals surface area contributed by atoms with E-state index in [1.807, 2.05) is 17.9 Å². The van der Waals surface area contributed by atoms with Crippen molar-refractivity contribution in [1.82, 2.24) is 35.0 Å². The monoisotopic (exact) mass is 497 g/mol. The molecule has 11 heteroatoms. The van der Waals surface area contributed by atoms with Crippen LogP contribution in [0.1, 0.15) is 29.6 Å². The molecule has 1 aliphatic rings. The Morgan fingerprint density at radius 3 is 2.78 bits per heavy atom. The van der Waals surface area contributed by atoms with Gasteiger partial charge in [0.25, 0.3) is 0 Å². The van der Waals surface area contributed by atoms with E-state index in [4.69, 9.17) is 4.74 Å². The summed E-state index contributed by atoms with van der Waals surface area (Å²) < 4.78 is 31.3. The highest BCUT2D eigenvalue weighted by atomic mass is 19.1. The molecular formula is C25H29F2N7O2. The average Bonchev–Trinajstić information content (AvgIpc) is 3.27. The molecule has 1 aliphatic heterocycles. The van der Waals surface area contributed by atoms with Crippen molar-refractivity contribution in [3.8, 4) is 5.75 Å². The summed E-state index contributed by atoms with van der Waals surface area (Å²) in [5.41, 5.74) is 2.26. The second kappa shape index (κ2) is 11.8. The fourth-order valence-electron chi connectivity index (χ4n) is 4.15. The number of alkyl halides is 1. The van der Waals surface area contributed by atoms with Gasteiger partial charge in [-0.15, -0.1) is 10.2 Å². The van der Waals surface area contributed by atoms with Gasteiger partial charge in [0, 0.05) is 38.3 Å². The average molecular weight is 498 g/mol. The molecule has 36 heavy (non-hydrogen) atoms. The van der Waals surface area contributed by atoms with Crippen molar-refractivity contribution in [3.63, 3.8) is 0 Å². The normalized spacial score (nSPS) is 16.6. The highest BCUT2D eigenvalue weighted by molar-refractivity contribution is 5.92. The summed E-state index contributed by atoms with van der Waals surface area (Å²) in [6, 6.07) is 8.09. The van der Waals surface area contributed by atoms with E-state index < -0.39 is 6.67 Å². The number of halogens is 2. The molecule has 0 bridgehead atoms. The summed E-state index contributed by atoms with van der Waals surface area (Å²) in [7, 11) is 0. The number of tetrazole rings is 1. The third-order valence-electron chi connectivity index (χ3n) is 5.90. The molecule has 0 N–H and O–H groups in total. The largest absolute Gasteiger partial charge is 0.489 e. The highest BCUT2D eigenvalue weighted by Crippen LogP contribution is 2.17. The second-order valence-electron chi connectivity index (χ2n) is 8.68. The molecule has 4 rings (SSSR count). The molecule has 3 heterocycles. The van der Waals surface area contributed by atoms with Crippen molar-refractivity contribution in [3.05, 3.63) is 71.1 Å². The van der Waals surface area contributed by atoms with Gasteiger partial charge in [-0.05, 0) is 60.5 Å². The Balaban J connectivity index is 1.34. The van der Waals surface area contributed by atoms with Crippen LogP contribution in [0.2, 0.25) is 0 Å². The summed E-state index contributed by atoms with van der Waals surface area (Å²) >= 11 is 0. The van der Waals surface area contributed by atoms with E-state index in [1.165, 1.54) is 23.0 Å². The molecule has 0 radical (unpaired) electrons. The van der Waals surface area contributed by atoms with Crippen molar-refractivity contribution in [2.45, 2.75) is 33.0 Å². The minimum Gasteiger partial charge on any atom is -0.489 e. The Morgan fingerprint density at radius 2 is 2.08 bits per heavy atom. The van der Waals surface area contributed by atoms with Gasteiger partial charge in [-0.1, -0.05) is 6.07 Å². The number of hydrogen-bond donors (Lipinski definition) is 0. The number of piperazine rings is 1. The van der Waals surface area contributed by atoms with Crippen LogP contribution in [0.15, 0.2) is 42.6 Å². The molecule has 3 aromatic rings. The smallest absolute Gasteiger partial charge is 0.246 e. The summed E-state index contributed by atoms with van der Waals surface area (Å²) in [6.07, 6.45) is 4.83. The van der Waals surface area contributed by atoms with Crippen LogP contribution in [-0.4, -0.2) is 79.9 Å². The number of hydrogen-bond acceptors (Lipinski definition) is 7. The highest BCUT2D eigenvalue weighted by Gasteiger charge is 2.26. The fraction of sp³-hybridized carbons (Fsp3) is 0.400. The van der Waals surface area contributed by atoms with E-state index in [-0.39, 0.29) is 30.9 Å². The van der Waals surface area contributed by atoms with Crippen LogP contribution < -0.4 is 4.74 Å². The van der Waals surface area contributed by atoms with Crippen LogP contribution in [0, 0.1) is 12.7 Å². The first-order valence-electron chi connectivity index (χ1n) is 11.8. The number of ether oxygens (including phenoxy) is 1. The lowest BCUT2D eigenvalue weighted by Gasteiger charge is -2.39. The number of nitrogens with zero attached hydrogens (tertiary/aromatic N) is 7. The Hall–Kier alpha value is -3.73. The fourth-order valence-corrected chi connectivity index (χ4v) is 4.15. The van der Waals surface area contributed by atoms with Crippen LogP contribution in [0.3, 0.4) is 0 Å². The van der Waals surface area contributed by atoms with Gasteiger partial charge in [-0.2, -0.15) is 4.80 Å². The number of aromatic nitrogens is 5. The number of carbonyl (C=O) groups excluding carboxylic acids is 1. The molecule has 1 fully saturated rings. The Kier molecular flexibility index (Phi) is 8.32. The second-order valence-corrected chi connectivity index (χ2v) is 8.68. The zero-order valence-electron chi connectivity index (χ0n) is 20.3. The first-order chi connectivity index (χ1) is 17.4. The molecule has 0 spiro atoms. The molecule has 1 aromatic carbocycles. The van der Waals surface area contributed by atoms with Crippen molar-refractivity contribution in [2.75, 3.05) is 32.9 Å². The predicted molar refractivity (Wildman–Crippen MR) is 129 cm³/mol. The summed E-state index contributed by atoms with van der Waals surface area (Å²) in [6.45, 7) is 6.13. The summed E-state index contributed by atoms with van der Waals surface area (Å²) in [5, 5.41) is 11.9. The molecule has 2 aromatic heterocycles. The van der Waals surface area contributed by atoms with E-state index in [0.717, 1.165) is 11.3 Å². The van der Waals surface area contributed by atoms with Crippen LogP contribution in [0.4, 0.5) is 8.78 Å². The van der Waals surface area contributed by atoms with Gasteiger partial charge in [0.1, 0.15) is 24.8 Å². The minimum absolute atomic E-state index is 0.0121. The molecule has 1 saturated heterocycles. The Bertz CT molecular complexity index is 1200. The number of carbonyl (C=O) groups is 1. The number of benzene rings is 1. The van der Waals surface area contributed by atoms with Crippen molar-refractivity contribution < 1.29 is 18.3 Å². The molecule has 190 valence electrons. The quantitative estimate of drug-likeness (QED) is 0.420. The standard InChI is InChI=1S/C25H29F2N7O2/c1-18-15-32(17-23-6-7-24(14-28-23)36-12-9-26)10-11-33(18)25(35)8-4-20-3-5-22(27)13-21(20)16-34-30-19(2)29-31-34/h3-8,13-14,18H,9-12,15-17H2,1-2H3/b8-4+/t18-/m1/s1. The van der Waals surface area contributed by atoms with E-state index >= 15 is 0 Å². The lowest BCUT2D eigenvalue weighted by atomic mass is 10.1. The lowest BCUT2D eigenvalue weighted by Crippen LogP contribution is -2.53. The first-order valence-corrected chi connectivity index (χ1v) is 11.8. The Morgan fingerprint density at radius 1 is 1.22 bits per heavy atom. The lowest BCUT2D eigenvalue weighted by molar-refractivity contribution is -0.130. The number of pyridine rings is 1. The van der Waals surface area contributed by atoms with Crippen LogP contribution in [-0.2, 0) is 17.9 Å². The third kappa shape index (κ3) is 6.69. The van der Waals surface area contributed by atoms with Gasteiger partial charge in [-0.3, -0.25) is 14.7 Å². The predicted octanol–water partition coefficient (Wildman–Crippen LogP) is 2.66. The SMILES string of the molecule is Cc1nnn(Cc2cc(F)ccc2/C=C/C(=O)N2CCN(Cc3ccc(OCCF)cn3)C[C@H]2C)n1. The third-order valence-corrected chi connectivity index (χ3v) is 5.90. The van der Waals surface area contributed by atoms with Crippen LogP contribution >= 0.6 is 0 Å². The van der Waals surface area contributed by atoms with Gasteiger partial charge >= 0.3 is 0 Å².